The number of rotatable bonds is 4. The molecule has 28 heavy (non-hydrogen) atoms. The summed E-state index contributed by atoms with van der Waals surface area (Å²) in [4.78, 5) is 22.3. The lowest BCUT2D eigenvalue weighted by Crippen LogP contribution is -2.15. The standard InChI is InChI=1S/C22H22N4O2/c1-13(2)28-22(27)18-19-21(25-17-12-8-7-11-16(17)24-19)26(20(18)23)14(3)15-9-5-4-6-10-15/h4-14H,23H2,1-3H3. The second kappa shape index (κ2) is 6.96. The van der Waals surface area contributed by atoms with Gasteiger partial charge in [-0.2, -0.15) is 0 Å². The van der Waals surface area contributed by atoms with Gasteiger partial charge in [-0.25, -0.2) is 14.8 Å². The Kier molecular flexibility index (Phi) is 4.47. The number of aromatic nitrogens is 3. The van der Waals surface area contributed by atoms with Gasteiger partial charge in [-0.05, 0) is 38.5 Å². The van der Waals surface area contributed by atoms with E-state index in [1.807, 2.05) is 66.1 Å². The minimum atomic E-state index is -0.485. The normalized spacial score (nSPS) is 12.6. The molecule has 1 unspecified atom stereocenters. The summed E-state index contributed by atoms with van der Waals surface area (Å²) in [5, 5.41) is 0. The van der Waals surface area contributed by atoms with E-state index in [-0.39, 0.29) is 17.7 Å². The molecule has 0 saturated carbocycles. The van der Waals surface area contributed by atoms with Crippen LogP contribution in [0.5, 0.6) is 0 Å². The molecule has 1 atom stereocenters. The Balaban J connectivity index is 2.01. The number of anilines is 1. The zero-order valence-electron chi connectivity index (χ0n) is 16.1. The summed E-state index contributed by atoms with van der Waals surface area (Å²) >= 11 is 0. The van der Waals surface area contributed by atoms with Crippen molar-refractivity contribution in [3.63, 3.8) is 0 Å². The fourth-order valence-corrected chi connectivity index (χ4v) is 3.43. The molecule has 0 amide bonds. The highest BCUT2D eigenvalue weighted by Gasteiger charge is 2.28. The van der Waals surface area contributed by atoms with Crippen molar-refractivity contribution in [1.82, 2.24) is 14.5 Å². The van der Waals surface area contributed by atoms with Gasteiger partial charge in [0.2, 0.25) is 0 Å². The lowest BCUT2D eigenvalue weighted by molar-refractivity contribution is 0.0381. The third-order valence-corrected chi connectivity index (χ3v) is 4.75. The Morgan fingerprint density at radius 3 is 2.21 bits per heavy atom. The Morgan fingerprint density at radius 2 is 1.57 bits per heavy atom. The molecule has 0 aliphatic rings. The van der Waals surface area contributed by atoms with Crippen LogP contribution in [0.2, 0.25) is 0 Å². The van der Waals surface area contributed by atoms with Crippen LogP contribution in [-0.2, 0) is 4.74 Å². The second-order valence-electron chi connectivity index (χ2n) is 7.06. The molecule has 142 valence electrons. The molecule has 0 spiro atoms. The molecule has 4 aromatic rings. The quantitative estimate of drug-likeness (QED) is 0.537. The van der Waals surface area contributed by atoms with E-state index in [1.165, 1.54) is 0 Å². The van der Waals surface area contributed by atoms with Crippen molar-refractivity contribution in [1.29, 1.82) is 0 Å². The first-order valence-corrected chi connectivity index (χ1v) is 9.29. The number of carbonyl (C=O) groups is 1. The van der Waals surface area contributed by atoms with E-state index in [0.29, 0.717) is 22.5 Å². The van der Waals surface area contributed by atoms with Crippen molar-refractivity contribution in [2.24, 2.45) is 0 Å². The Bertz CT molecular complexity index is 1170. The van der Waals surface area contributed by atoms with Gasteiger partial charge in [-0.3, -0.25) is 0 Å². The summed E-state index contributed by atoms with van der Waals surface area (Å²) in [7, 11) is 0. The summed E-state index contributed by atoms with van der Waals surface area (Å²) in [6.45, 7) is 5.64. The smallest absolute Gasteiger partial charge is 0.344 e. The number of para-hydroxylation sites is 2. The van der Waals surface area contributed by atoms with E-state index >= 15 is 0 Å². The van der Waals surface area contributed by atoms with Crippen LogP contribution in [0.15, 0.2) is 54.6 Å². The molecule has 2 N–H and O–H groups in total. The molecular weight excluding hydrogens is 352 g/mol. The predicted octanol–water partition coefficient (Wildman–Crippen LogP) is 4.34. The number of fused-ring (bicyclic) bond motifs is 2. The third-order valence-electron chi connectivity index (χ3n) is 4.75. The first-order valence-electron chi connectivity index (χ1n) is 9.29. The minimum Gasteiger partial charge on any atom is -0.459 e. The first kappa shape index (κ1) is 18.0. The molecule has 0 radical (unpaired) electrons. The Hall–Kier alpha value is -3.41. The van der Waals surface area contributed by atoms with E-state index in [2.05, 4.69) is 0 Å². The van der Waals surface area contributed by atoms with E-state index in [9.17, 15) is 4.79 Å². The van der Waals surface area contributed by atoms with Crippen LogP contribution in [0.4, 0.5) is 5.82 Å². The maximum absolute atomic E-state index is 12.8. The molecule has 0 saturated heterocycles. The summed E-state index contributed by atoms with van der Waals surface area (Å²) in [6.07, 6.45) is -0.259. The zero-order chi connectivity index (χ0) is 19.8. The molecule has 6 heteroatoms. The van der Waals surface area contributed by atoms with Gasteiger partial charge in [0.15, 0.2) is 5.65 Å². The van der Waals surface area contributed by atoms with Crippen LogP contribution in [0.3, 0.4) is 0 Å². The lowest BCUT2D eigenvalue weighted by atomic mass is 10.1. The first-order chi connectivity index (χ1) is 13.5. The number of esters is 1. The molecule has 4 rings (SSSR count). The minimum absolute atomic E-state index is 0.125. The average Bonchev–Trinajstić information content (AvgIpc) is 2.96. The lowest BCUT2D eigenvalue weighted by Gasteiger charge is -2.17. The summed E-state index contributed by atoms with van der Waals surface area (Å²) in [5.41, 5.74) is 10.3. The van der Waals surface area contributed by atoms with Crippen molar-refractivity contribution in [2.75, 3.05) is 5.73 Å². The highest BCUT2D eigenvalue weighted by molar-refractivity contribution is 6.08. The van der Waals surface area contributed by atoms with Crippen LogP contribution in [0.1, 0.15) is 42.7 Å². The van der Waals surface area contributed by atoms with Crippen LogP contribution in [0.25, 0.3) is 22.2 Å². The van der Waals surface area contributed by atoms with E-state index in [0.717, 1.165) is 11.1 Å². The van der Waals surface area contributed by atoms with Gasteiger partial charge in [-0.15, -0.1) is 0 Å². The van der Waals surface area contributed by atoms with Crippen molar-refractivity contribution in [2.45, 2.75) is 32.9 Å². The molecule has 0 aliphatic carbocycles. The van der Waals surface area contributed by atoms with Crippen molar-refractivity contribution in [3.8, 4) is 0 Å². The summed E-state index contributed by atoms with van der Waals surface area (Å²) in [5.74, 6) is -0.173. The van der Waals surface area contributed by atoms with Gasteiger partial charge < -0.3 is 15.0 Å². The number of nitrogens with zero attached hydrogens (tertiary/aromatic N) is 3. The molecule has 0 bridgehead atoms. The van der Waals surface area contributed by atoms with Gasteiger partial charge >= 0.3 is 5.97 Å². The van der Waals surface area contributed by atoms with Gasteiger partial charge in [0.25, 0.3) is 0 Å². The highest BCUT2D eigenvalue weighted by atomic mass is 16.5. The van der Waals surface area contributed by atoms with Crippen LogP contribution in [0, 0.1) is 0 Å². The predicted molar refractivity (Wildman–Crippen MR) is 110 cm³/mol. The maximum Gasteiger partial charge on any atom is 0.344 e. The Labute approximate surface area is 163 Å². The molecule has 6 nitrogen and oxygen atoms in total. The van der Waals surface area contributed by atoms with Crippen LogP contribution < -0.4 is 5.73 Å². The number of hydrogen-bond donors (Lipinski definition) is 1. The van der Waals surface area contributed by atoms with E-state index < -0.39 is 5.97 Å². The molecule has 0 fully saturated rings. The zero-order valence-corrected chi connectivity index (χ0v) is 16.1. The molecule has 0 aliphatic heterocycles. The molecular formula is C22H22N4O2. The second-order valence-corrected chi connectivity index (χ2v) is 7.06. The van der Waals surface area contributed by atoms with Crippen molar-refractivity contribution >= 4 is 34.0 Å². The number of nitrogens with two attached hydrogens (primary N) is 1. The SMILES string of the molecule is CC(C)OC(=O)c1c(N)n(C(C)c2ccccc2)c2nc3ccccc3nc12. The van der Waals surface area contributed by atoms with E-state index in [4.69, 9.17) is 20.4 Å². The monoisotopic (exact) mass is 374 g/mol. The summed E-state index contributed by atoms with van der Waals surface area (Å²) < 4.78 is 7.30. The topological polar surface area (TPSA) is 83.0 Å². The molecule has 2 heterocycles. The maximum atomic E-state index is 12.8. The average molecular weight is 374 g/mol. The van der Waals surface area contributed by atoms with Gasteiger partial charge in [0.05, 0.1) is 23.2 Å². The van der Waals surface area contributed by atoms with Gasteiger partial charge in [0, 0.05) is 0 Å². The number of ether oxygens (including phenoxy) is 1. The number of carbonyl (C=O) groups excluding carboxylic acids is 1. The van der Waals surface area contributed by atoms with Gasteiger partial charge in [-0.1, -0.05) is 42.5 Å². The molecule has 2 aromatic carbocycles. The summed E-state index contributed by atoms with van der Waals surface area (Å²) in [6, 6.07) is 17.4. The Morgan fingerprint density at radius 1 is 0.964 bits per heavy atom. The number of benzene rings is 2. The van der Waals surface area contributed by atoms with Crippen molar-refractivity contribution < 1.29 is 9.53 Å². The third kappa shape index (κ3) is 2.97. The largest absolute Gasteiger partial charge is 0.459 e. The number of nitrogen functional groups attached to an aromatic ring is 1. The highest BCUT2D eigenvalue weighted by Crippen LogP contribution is 2.33. The number of hydrogen-bond acceptors (Lipinski definition) is 5. The fourth-order valence-electron chi connectivity index (χ4n) is 3.43. The van der Waals surface area contributed by atoms with Crippen molar-refractivity contribution in [3.05, 3.63) is 65.7 Å². The fraction of sp³-hybridized carbons (Fsp3) is 0.227. The van der Waals surface area contributed by atoms with Crippen LogP contribution in [-0.4, -0.2) is 26.6 Å². The van der Waals surface area contributed by atoms with Crippen LogP contribution >= 0.6 is 0 Å². The van der Waals surface area contributed by atoms with Gasteiger partial charge in [0.1, 0.15) is 16.9 Å². The molecule has 2 aromatic heterocycles. The van der Waals surface area contributed by atoms with E-state index in [1.54, 1.807) is 13.8 Å².